The summed E-state index contributed by atoms with van der Waals surface area (Å²) in [6.07, 6.45) is -5.31. The molecule has 0 saturated carbocycles. The molecule has 2 saturated heterocycles. The number of nitrogens with zero attached hydrogens (tertiary/aromatic N) is 1. The Hall–Kier alpha value is -3.49. The summed E-state index contributed by atoms with van der Waals surface area (Å²) in [5.41, 5.74) is 0.613. The first-order valence-corrected chi connectivity index (χ1v) is 12.9. The average molecular weight is 582 g/mol. The summed E-state index contributed by atoms with van der Waals surface area (Å²) >= 11 is 6.46. The molecule has 0 aromatic heterocycles. The fourth-order valence-electron chi connectivity index (χ4n) is 4.04. The van der Waals surface area contributed by atoms with E-state index in [1.165, 1.54) is 7.11 Å². The lowest BCUT2D eigenvalue weighted by atomic mass is 9.96. The van der Waals surface area contributed by atoms with Gasteiger partial charge in [-0.15, -0.1) is 0 Å². The highest BCUT2D eigenvalue weighted by molar-refractivity contribution is 8.26. The molecule has 2 fully saturated rings. The van der Waals surface area contributed by atoms with Gasteiger partial charge in [0, 0.05) is 33.3 Å². The van der Waals surface area contributed by atoms with Gasteiger partial charge in [0.05, 0.1) is 12.0 Å². The van der Waals surface area contributed by atoms with Crippen molar-refractivity contribution < 1.29 is 52.4 Å². The maximum atomic E-state index is 13.6. The lowest BCUT2D eigenvalue weighted by Crippen LogP contribution is -2.66. The van der Waals surface area contributed by atoms with Gasteiger partial charge in [0.1, 0.15) is 18.5 Å². The Kier molecular flexibility index (Phi) is 10.1. The van der Waals surface area contributed by atoms with Crippen molar-refractivity contribution in [3.05, 3.63) is 34.7 Å². The molecular formula is C25H27NO11S2. The highest BCUT2D eigenvalue weighted by Gasteiger charge is 2.56. The number of ether oxygens (including phenoxy) is 6. The molecule has 0 unspecified atom stereocenters. The fraction of sp³-hybridized carbons (Fsp3) is 0.440. The Morgan fingerprint density at radius 1 is 0.949 bits per heavy atom. The van der Waals surface area contributed by atoms with Gasteiger partial charge in [0.2, 0.25) is 0 Å². The second-order valence-electron chi connectivity index (χ2n) is 8.38. The minimum absolute atomic E-state index is 0.0575. The molecule has 0 bridgehead atoms. The molecule has 1 aromatic rings. The standard InChI is InChI=1S/C25H27NO11S2/c1-12(27)33-11-18-20(34-13(2)28)21(35-14(3)29)22(36-15(4)30)24(37-18)26-23(31)19(39-25(26)38)10-16-8-6-7-9-17(16)32-5/h6-10,18,20-22,24H,11H2,1-5H3/b19-10+/t18-,20-,21+,22+,24-/m1/s1. The summed E-state index contributed by atoms with van der Waals surface area (Å²) in [6, 6.07) is 7.03. The number of para-hydroxylation sites is 1. The van der Waals surface area contributed by atoms with Gasteiger partial charge in [-0.3, -0.25) is 28.9 Å². The van der Waals surface area contributed by atoms with Crippen LogP contribution < -0.4 is 4.74 Å². The van der Waals surface area contributed by atoms with E-state index in [-0.39, 0.29) is 9.23 Å². The third kappa shape index (κ3) is 7.34. The van der Waals surface area contributed by atoms with E-state index in [0.717, 1.165) is 44.4 Å². The van der Waals surface area contributed by atoms with E-state index < -0.39 is 67.0 Å². The number of thiocarbonyl (C=S) groups is 1. The average Bonchev–Trinajstić information content (AvgIpc) is 3.12. The predicted molar refractivity (Wildman–Crippen MR) is 140 cm³/mol. The maximum absolute atomic E-state index is 13.6. The van der Waals surface area contributed by atoms with Gasteiger partial charge in [0.15, 0.2) is 28.9 Å². The van der Waals surface area contributed by atoms with E-state index in [9.17, 15) is 24.0 Å². The minimum atomic E-state index is -1.46. The Labute approximate surface area is 233 Å². The van der Waals surface area contributed by atoms with Gasteiger partial charge in [-0.2, -0.15) is 0 Å². The van der Waals surface area contributed by atoms with Crippen LogP contribution in [-0.4, -0.2) is 83.4 Å². The van der Waals surface area contributed by atoms with E-state index in [4.69, 9.17) is 40.6 Å². The van der Waals surface area contributed by atoms with Crippen LogP contribution in [0, 0.1) is 0 Å². The Morgan fingerprint density at radius 3 is 2.13 bits per heavy atom. The van der Waals surface area contributed by atoms with Crippen LogP contribution >= 0.6 is 24.0 Å². The number of esters is 4. The zero-order valence-corrected chi connectivity index (χ0v) is 23.4. The highest BCUT2D eigenvalue weighted by atomic mass is 32.2. The summed E-state index contributed by atoms with van der Waals surface area (Å²) in [5, 5.41) is 0. The lowest BCUT2D eigenvalue weighted by Gasteiger charge is -2.46. The van der Waals surface area contributed by atoms with Crippen LogP contribution in [0.4, 0.5) is 0 Å². The first-order valence-electron chi connectivity index (χ1n) is 11.6. The molecule has 2 heterocycles. The van der Waals surface area contributed by atoms with Crippen molar-refractivity contribution in [1.82, 2.24) is 4.90 Å². The van der Waals surface area contributed by atoms with Crippen LogP contribution in [0.2, 0.25) is 0 Å². The summed E-state index contributed by atoms with van der Waals surface area (Å²) in [4.78, 5) is 62.6. The maximum Gasteiger partial charge on any atom is 0.303 e. The molecule has 12 nitrogen and oxygen atoms in total. The van der Waals surface area contributed by atoms with Crippen LogP contribution in [-0.2, 0) is 47.7 Å². The summed E-state index contributed by atoms with van der Waals surface area (Å²) < 4.78 is 32.8. The molecule has 3 rings (SSSR count). The fourth-order valence-corrected chi connectivity index (χ4v) is 5.34. The second kappa shape index (κ2) is 13.0. The Balaban J connectivity index is 2.07. The quantitative estimate of drug-likeness (QED) is 0.191. The number of amides is 1. The second-order valence-corrected chi connectivity index (χ2v) is 10.1. The van der Waals surface area contributed by atoms with Gasteiger partial charge in [-0.25, -0.2) is 0 Å². The Morgan fingerprint density at radius 2 is 1.54 bits per heavy atom. The molecule has 210 valence electrons. The lowest BCUT2D eigenvalue weighted by molar-refractivity contribution is -0.268. The largest absolute Gasteiger partial charge is 0.496 e. The van der Waals surface area contributed by atoms with Crippen molar-refractivity contribution in [2.45, 2.75) is 58.3 Å². The molecule has 0 spiro atoms. The van der Waals surface area contributed by atoms with Gasteiger partial charge >= 0.3 is 23.9 Å². The third-order valence-electron chi connectivity index (χ3n) is 5.47. The van der Waals surface area contributed by atoms with Gasteiger partial charge in [-0.1, -0.05) is 42.2 Å². The molecule has 0 aliphatic carbocycles. The predicted octanol–water partition coefficient (Wildman–Crippen LogP) is 1.98. The summed E-state index contributed by atoms with van der Waals surface area (Å²) in [6.45, 7) is 4.07. The molecule has 14 heteroatoms. The van der Waals surface area contributed by atoms with Crippen molar-refractivity contribution in [2.24, 2.45) is 0 Å². The van der Waals surface area contributed by atoms with Crippen LogP contribution in [0.3, 0.4) is 0 Å². The third-order valence-corrected chi connectivity index (χ3v) is 6.80. The number of hydrogen-bond donors (Lipinski definition) is 0. The molecule has 1 aromatic carbocycles. The molecule has 2 aliphatic heterocycles. The molecule has 39 heavy (non-hydrogen) atoms. The zero-order valence-electron chi connectivity index (χ0n) is 21.7. The number of methoxy groups -OCH3 is 1. The zero-order chi connectivity index (χ0) is 28.9. The van der Waals surface area contributed by atoms with Crippen LogP contribution in [0.15, 0.2) is 29.2 Å². The van der Waals surface area contributed by atoms with E-state index in [1.807, 2.05) is 0 Å². The molecule has 5 atom stereocenters. The highest BCUT2D eigenvalue weighted by Crippen LogP contribution is 2.40. The van der Waals surface area contributed by atoms with Crippen LogP contribution in [0.25, 0.3) is 6.08 Å². The van der Waals surface area contributed by atoms with Crippen LogP contribution in [0.1, 0.15) is 33.3 Å². The monoisotopic (exact) mass is 581 g/mol. The van der Waals surface area contributed by atoms with E-state index >= 15 is 0 Å². The van der Waals surface area contributed by atoms with Crippen LogP contribution in [0.5, 0.6) is 5.75 Å². The Bertz CT molecular complexity index is 1200. The van der Waals surface area contributed by atoms with E-state index in [2.05, 4.69) is 0 Å². The summed E-state index contributed by atoms with van der Waals surface area (Å²) in [7, 11) is 1.50. The van der Waals surface area contributed by atoms with Gasteiger partial charge in [0.25, 0.3) is 5.91 Å². The SMILES string of the molecule is COc1ccccc1/C=C1/SC(=S)N([C@@H]2O[C@H](COC(C)=O)[C@@H](OC(C)=O)[C@H](OC(C)=O)[C@@H]2OC(C)=O)C1=O. The van der Waals surface area contributed by atoms with Crippen molar-refractivity contribution in [3.63, 3.8) is 0 Å². The smallest absolute Gasteiger partial charge is 0.303 e. The van der Waals surface area contributed by atoms with Crippen molar-refractivity contribution in [2.75, 3.05) is 13.7 Å². The number of carbonyl (C=O) groups excluding carboxylic acids is 5. The molecule has 1 amide bonds. The van der Waals surface area contributed by atoms with Gasteiger partial charge in [-0.05, 0) is 12.1 Å². The molecular weight excluding hydrogens is 554 g/mol. The topological polar surface area (TPSA) is 144 Å². The van der Waals surface area contributed by atoms with E-state index in [0.29, 0.717) is 11.3 Å². The number of hydrogen-bond acceptors (Lipinski definition) is 13. The first kappa shape index (κ1) is 30.1. The number of thioether (sulfide) groups is 1. The normalized spacial score (nSPS) is 25.7. The number of carbonyl (C=O) groups is 5. The first-order chi connectivity index (χ1) is 18.4. The van der Waals surface area contributed by atoms with Crippen molar-refractivity contribution in [3.8, 4) is 5.75 Å². The summed E-state index contributed by atoms with van der Waals surface area (Å²) in [5.74, 6) is -3.07. The number of benzene rings is 1. The number of rotatable bonds is 8. The van der Waals surface area contributed by atoms with Crippen molar-refractivity contribution in [1.29, 1.82) is 0 Å². The minimum Gasteiger partial charge on any atom is -0.496 e. The van der Waals surface area contributed by atoms with Crippen molar-refractivity contribution >= 4 is 64.2 Å². The molecule has 0 radical (unpaired) electrons. The van der Waals surface area contributed by atoms with Gasteiger partial charge < -0.3 is 28.4 Å². The molecule has 2 aliphatic rings. The van der Waals surface area contributed by atoms with E-state index in [1.54, 1.807) is 30.3 Å². The molecule has 0 N–H and O–H groups in total.